The lowest BCUT2D eigenvalue weighted by Gasteiger charge is -2.19. The van der Waals surface area contributed by atoms with E-state index in [-0.39, 0.29) is 10.5 Å². The van der Waals surface area contributed by atoms with Gasteiger partial charge in [-0.15, -0.1) is 0 Å². The fourth-order valence-corrected chi connectivity index (χ4v) is 4.14. The molecule has 0 unspecified atom stereocenters. The van der Waals surface area contributed by atoms with Crippen molar-refractivity contribution in [2.45, 2.75) is 11.3 Å². The number of benzene rings is 2. The van der Waals surface area contributed by atoms with Crippen molar-refractivity contribution >= 4 is 21.7 Å². The van der Waals surface area contributed by atoms with Gasteiger partial charge in [-0.2, -0.15) is 0 Å². The van der Waals surface area contributed by atoms with E-state index in [1.54, 1.807) is 12.1 Å². The molecule has 0 amide bonds. The SMILES string of the molecule is COC(=O)c1cccc(S(=O)(=O)N2CCc3ccccc32)c1. The lowest BCUT2D eigenvalue weighted by Crippen LogP contribution is -2.29. The van der Waals surface area contributed by atoms with Crippen LogP contribution in [-0.2, 0) is 21.2 Å². The summed E-state index contributed by atoms with van der Waals surface area (Å²) in [7, 11) is -2.43. The Hall–Kier alpha value is -2.34. The molecule has 3 rings (SSSR count). The second-order valence-electron chi connectivity index (χ2n) is 4.98. The molecule has 114 valence electrons. The zero-order chi connectivity index (χ0) is 15.7. The molecule has 0 N–H and O–H groups in total. The van der Waals surface area contributed by atoms with Crippen molar-refractivity contribution < 1.29 is 17.9 Å². The first-order valence-electron chi connectivity index (χ1n) is 6.83. The zero-order valence-electron chi connectivity index (χ0n) is 12.0. The first-order chi connectivity index (χ1) is 10.5. The number of fused-ring (bicyclic) bond motifs is 1. The molecule has 5 nitrogen and oxygen atoms in total. The van der Waals surface area contributed by atoms with E-state index in [2.05, 4.69) is 4.74 Å². The number of hydrogen-bond donors (Lipinski definition) is 0. The highest BCUT2D eigenvalue weighted by molar-refractivity contribution is 7.92. The predicted molar refractivity (Wildman–Crippen MR) is 82.5 cm³/mol. The van der Waals surface area contributed by atoms with Crippen LogP contribution in [0.4, 0.5) is 5.69 Å². The van der Waals surface area contributed by atoms with Gasteiger partial charge in [-0.25, -0.2) is 13.2 Å². The normalized spacial score (nSPS) is 13.8. The molecule has 0 aromatic heterocycles. The minimum atomic E-state index is -3.69. The average molecular weight is 317 g/mol. The molecule has 0 saturated carbocycles. The fourth-order valence-electron chi connectivity index (χ4n) is 2.59. The van der Waals surface area contributed by atoms with Gasteiger partial charge in [-0.05, 0) is 36.2 Å². The maximum Gasteiger partial charge on any atom is 0.337 e. The second-order valence-corrected chi connectivity index (χ2v) is 6.84. The number of carbonyl (C=O) groups is 1. The first kappa shape index (κ1) is 14.6. The van der Waals surface area contributed by atoms with E-state index in [1.165, 1.54) is 29.6 Å². The van der Waals surface area contributed by atoms with Crippen molar-refractivity contribution in [1.82, 2.24) is 0 Å². The Morgan fingerprint density at radius 3 is 2.68 bits per heavy atom. The Labute approximate surface area is 129 Å². The third kappa shape index (κ3) is 2.35. The van der Waals surface area contributed by atoms with Crippen LogP contribution < -0.4 is 4.31 Å². The summed E-state index contributed by atoms with van der Waals surface area (Å²) >= 11 is 0. The van der Waals surface area contributed by atoms with Crippen molar-refractivity contribution in [1.29, 1.82) is 0 Å². The van der Waals surface area contributed by atoms with Crippen LogP contribution in [0.2, 0.25) is 0 Å². The van der Waals surface area contributed by atoms with Gasteiger partial charge in [0.05, 0.1) is 23.3 Å². The van der Waals surface area contributed by atoms with E-state index in [4.69, 9.17) is 0 Å². The summed E-state index contributed by atoms with van der Waals surface area (Å²) < 4.78 is 31.7. The van der Waals surface area contributed by atoms with Crippen LogP contribution in [0.5, 0.6) is 0 Å². The average Bonchev–Trinajstić information content (AvgIpc) is 2.99. The highest BCUT2D eigenvalue weighted by Crippen LogP contribution is 2.32. The Bertz CT molecular complexity index is 830. The van der Waals surface area contributed by atoms with E-state index in [1.807, 2.05) is 18.2 Å². The Morgan fingerprint density at radius 1 is 1.14 bits per heavy atom. The topological polar surface area (TPSA) is 63.7 Å². The molecule has 2 aromatic carbocycles. The number of sulfonamides is 1. The molecule has 0 saturated heterocycles. The monoisotopic (exact) mass is 317 g/mol. The van der Waals surface area contributed by atoms with Gasteiger partial charge in [0.25, 0.3) is 10.0 Å². The number of para-hydroxylation sites is 1. The molecule has 0 bridgehead atoms. The second kappa shape index (κ2) is 5.46. The Morgan fingerprint density at radius 2 is 1.91 bits per heavy atom. The van der Waals surface area contributed by atoms with Gasteiger partial charge in [0.15, 0.2) is 0 Å². The largest absolute Gasteiger partial charge is 0.465 e. The number of nitrogens with zero attached hydrogens (tertiary/aromatic N) is 1. The highest BCUT2D eigenvalue weighted by atomic mass is 32.2. The van der Waals surface area contributed by atoms with Crippen molar-refractivity contribution in [3.05, 3.63) is 59.7 Å². The van der Waals surface area contributed by atoms with Crippen LogP contribution in [0.15, 0.2) is 53.4 Å². The third-order valence-electron chi connectivity index (χ3n) is 3.69. The van der Waals surface area contributed by atoms with Crippen molar-refractivity contribution in [2.24, 2.45) is 0 Å². The van der Waals surface area contributed by atoms with Crippen molar-refractivity contribution in [2.75, 3.05) is 18.0 Å². The molecule has 22 heavy (non-hydrogen) atoms. The van der Waals surface area contributed by atoms with Crippen LogP contribution >= 0.6 is 0 Å². The summed E-state index contributed by atoms with van der Waals surface area (Å²) in [5.74, 6) is -0.557. The molecule has 1 aliphatic heterocycles. The predicted octanol–water partition coefficient (Wildman–Crippen LogP) is 2.22. The standard InChI is InChI=1S/C16H15NO4S/c1-21-16(18)13-6-4-7-14(11-13)22(19,20)17-10-9-12-5-2-3-8-15(12)17/h2-8,11H,9-10H2,1H3. The van der Waals surface area contributed by atoms with Gasteiger partial charge in [0.2, 0.25) is 0 Å². The summed E-state index contributed by atoms with van der Waals surface area (Å²) in [4.78, 5) is 11.7. The van der Waals surface area contributed by atoms with Gasteiger partial charge >= 0.3 is 5.97 Å². The molecule has 1 heterocycles. The molecular weight excluding hydrogens is 302 g/mol. The van der Waals surface area contributed by atoms with Crippen molar-refractivity contribution in [3.8, 4) is 0 Å². The number of carbonyl (C=O) groups excluding carboxylic acids is 1. The van der Waals surface area contributed by atoms with Gasteiger partial charge in [0, 0.05) is 6.54 Å². The van der Waals surface area contributed by atoms with Crippen LogP contribution in [0.3, 0.4) is 0 Å². The van der Waals surface area contributed by atoms with Gasteiger partial charge in [-0.3, -0.25) is 4.31 Å². The zero-order valence-corrected chi connectivity index (χ0v) is 12.8. The number of esters is 1. The van der Waals surface area contributed by atoms with Gasteiger partial charge in [0.1, 0.15) is 0 Å². The molecule has 1 aliphatic rings. The van der Waals surface area contributed by atoms with Crippen LogP contribution in [0.25, 0.3) is 0 Å². The minimum absolute atomic E-state index is 0.0899. The fraction of sp³-hybridized carbons (Fsp3) is 0.188. The molecule has 6 heteroatoms. The Balaban J connectivity index is 2.03. The number of methoxy groups -OCH3 is 1. The molecule has 0 fully saturated rings. The lowest BCUT2D eigenvalue weighted by atomic mass is 10.2. The van der Waals surface area contributed by atoms with E-state index >= 15 is 0 Å². The molecule has 0 spiro atoms. The summed E-state index contributed by atoms with van der Waals surface area (Å²) in [6, 6.07) is 13.3. The lowest BCUT2D eigenvalue weighted by molar-refractivity contribution is 0.0600. The van der Waals surface area contributed by atoms with Crippen LogP contribution in [0.1, 0.15) is 15.9 Å². The maximum absolute atomic E-state index is 12.8. The number of anilines is 1. The summed E-state index contributed by atoms with van der Waals surface area (Å²) in [6.07, 6.45) is 0.687. The summed E-state index contributed by atoms with van der Waals surface area (Å²) in [6.45, 7) is 0.407. The van der Waals surface area contributed by atoms with Crippen molar-refractivity contribution in [3.63, 3.8) is 0 Å². The number of hydrogen-bond acceptors (Lipinski definition) is 4. The molecular formula is C16H15NO4S. The first-order valence-corrected chi connectivity index (χ1v) is 8.27. The molecule has 0 atom stereocenters. The maximum atomic E-state index is 12.8. The highest BCUT2D eigenvalue weighted by Gasteiger charge is 2.30. The molecule has 2 aromatic rings. The quantitative estimate of drug-likeness (QED) is 0.814. The summed E-state index contributed by atoms with van der Waals surface area (Å²) in [5.41, 5.74) is 1.93. The van der Waals surface area contributed by atoms with Crippen LogP contribution in [0, 0.1) is 0 Å². The van der Waals surface area contributed by atoms with Crippen LogP contribution in [-0.4, -0.2) is 28.0 Å². The summed E-state index contributed by atoms with van der Waals surface area (Å²) in [5, 5.41) is 0. The number of rotatable bonds is 3. The number of ether oxygens (including phenoxy) is 1. The van der Waals surface area contributed by atoms with Gasteiger partial charge < -0.3 is 4.74 Å². The smallest absolute Gasteiger partial charge is 0.337 e. The minimum Gasteiger partial charge on any atom is -0.465 e. The Kier molecular flexibility index (Phi) is 3.62. The van der Waals surface area contributed by atoms with E-state index in [9.17, 15) is 13.2 Å². The van der Waals surface area contributed by atoms with E-state index < -0.39 is 16.0 Å². The molecule has 0 radical (unpaired) electrons. The molecule has 0 aliphatic carbocycles. The third-order valence-corrected chi connectivity index (χ3v) is 5.50. The van der Waals surface area contributed by atoms with E-state index in [0.29, 0.717) is 18.7 Å². The van der Waals surface area contributed by atoms with Gasteiger partial charge in [-0.1, -0.05) is 24.3 Å². The van der Waals surface area contributed by atoms with E-state index in [0.717, 1.165) is 5.56 Å².